The third kappa shape index (κ3) is 4.77. The number of hydrogen-bond donors (Lipinski definition) is 1. The second kappa shape index (κ2) is 8.70. The maximum Gasteiger partial charge on any atom is 0.123 e. The predicted molar refractivity (Wildman–Crippen MR) is 106 cm³/mol. The lowest BCUT2D eigenvalue weighted by Crippen LogP contribution is -2.45. The van der Waals surface area contributed by atoms with Crippen LogP contribution >= 0.6 is 0 Å². The van der Waals surface area contributed by atoms with Gasteiger partial charge in [0, 0.05) is 64.0 Å². The van der Waals surface area contributed by atoms with E-state index >= 15 is 0 Å². The molecule has 0 aromatic heterocycles. The molecule has 4 heterocycles. The molecule has 4 aliphatic rings. The van der Waals surface area contributed by atoms with Crippen LogP contribution < -0.4 is 10.1 Å². The van der Waals surface area contributed by atoms with E-state index in [1.807, 2.05) is 0 Å². The smallest absolute Gasteiger partial charge is 0.123 e. The van der Waals surface area contributed by atoms with Gasteiger partial charge < -0.3 is 15.0 Å². The summed E-state index contributed by atoms with van der Waals surface area (Å²) in [5.41, 5.74) is 1.34. The number of rotatable bonds is 6. The third-order valence-corrected chi connectivity index (χ3v) is 6.24. The molecule has 5 nitrogen and oxygen atoms in total. The minimum Gasteiger partial charge on any atom is -0.492 e. The van der Waals surface area contributed by atoms with Gasteiger partial charge in [0.05, 0.1) is 0 Å². The number of fused-ring (bicyclic) bond motifs is 4. The molecule has 4 aliphatic heterocycles. The molecule has 0 spiro atoms. The lowest BCUT2D eigenvalue weighted by atomic mass is 9.97. The van der Waals surface area contributed by atoms with Crippen LogP contribution in [0.25, 0.3) is 0 Å². The Morgan fingerprint density at radius 3 is 2.69 bits per heavy atom. The van der Waals surface area contributed by atoms with Gasteiger partial charge in [-0.25, -0.2) is 0 Å². The molecular formula is C21H34N4O. The van der Waals surface area contributed by atoms with Crippen LogP contribution in [0.3, 0.4) is 0 Å². The molecule has 0 aliphatic carbocycles. The Balaban J connectivity index is 1.30. The van der Waals surface area contributed by atoms with Crippen molar-refractivity contribution in [1.29, 1.82) is 0 Å². The molecule has 2 bridgehead atoms. The summed E-state index contributed by atoms with van der Waals surface area (Å²) in [6, 6.07) is 9.31. The number of likely N-dealkylation sites (N-methyl/N-ethyl adjacent to an activating group) is 1. The van der Waals surface area contributed by atoms with E-state index in [2.05, 4.69) is 51.3 Å². The fraction of sp³-hybridized carbons (Fsp3) is 0.714. The van der Waals surface area contributed by atoms with Crippen LogP contribution in [0.2, 0.25) is 0 Å². The molecular weight excluding hydrogens is 324 g/mol. The summed E-state index contributed by atoms with van der Waals surface area (Å²) in [5.74, 6) is 1.89. The van der Waals surface area contributed by atoms with Crippen molar-refractivity contribution in [2.24, 2.45) is 5.92 Å². The fourth-order valence-electron chi connectivity index (χ4n) is 4.54. The number of ether oxygens (including phenoxy) is 1. The Bertz CT molecular complexity index is 551. The average Bonchev–Trinajstić information content (AvgIpc) is 2.97. The van der Waals surface area contributed by atoms with Gasteiger partial charge in [-0.3, -0.25) is 9.80 Å². The van der Waals surface area contributed by atoms with E-state index in [4.69, 9.17) is 4.74 Å². The van der Waals surface area contributed by atoms with Crippen molar-refractivity contribution in [3.63, 3.8) is 0 Å². The van der Waals surface area contributed by atoms with Crippen LogP contribution in [-0.4, -0.2) is 86.8 Å². The van der Waals surface area contributed by atoms with Crippen LogP contribution in [0.1, 0.15) is 18.4 Å². The van der Waals surface area contributed by atoms with Gasteiger partial charge in [-0.05, 0) is 38.4 Å². The summed E-state index contributed by atoms with van der Waals surface area (Å²) in [4.78, 5) is 7.54. The third-order valence-electron chi connectivity index (χ3n) is 6.24. The minimum absolute atomic E-state index is 0.680. The van der Waals surface area contributed by atoms with Crippen molar-refractivity contribution in [1.82, 2.24) is 20.0 Å². The summed E-state index contributed by atoms with van der Waals surface area (Å²) in [5, 5.41) is 3.70. The Morgan fingerprint density at radius 2 is 1.88 bits per heavy atom. The number of benzene rings is 1. The van der Waals surface area contributed by atoms with Crippen LogP contribution in [0.5, 0.6) is 5.75 Å². The summed E-state index contributed by atoms with van der Waals surface area (Å²) < 4.78 is 6.21. The molecule has 5 heteroatoms. The van der Waals surface area contributed by atoms with E-state index < -0.39 is 0 Å². The molecule has 4 saturated heterocycles. The maximum atomic E-state index is 6.21. The molecule has 2 atom stereocenters. The van der Waals surface area contributed by atoms with Crippen molar-refractivity contribution in [2.75, 3.05) is 66.0 Å². The van der Waals surface area contributed by atoms with Crippen LogP contribution in [0, 0.1) is 5.92 Å². The van der Waals surface area contributed by atoms with E-state index in [1.54, 1.807) is 0 Å². The zero-order valence-electron chi connectivity index (χ0n) is 16.2. The average molecular weight is 359 g/mol. The van der Waals surface area contributed by atoms with E-state index in [0.717, 1.165) is 44.5 Å². The molecule has 5 rings (SSSR count). The van der Waals surface area contributed by atoms with Gasteiger partial charge in [0.15, 0.2) is 0 Å². The van der Waals surface area contributed by atoms with Gasteiger partial charge in [-0.1, -0.05) is 18.2 Å². The molecule has 4 fully saturated rings. The second-order valence-electron chi connectivity index (χ2n) is 8.34. The van der Waals surface area contributed by atoms with Gasteiger partial charge in [0.2, 0.25) is 0 Å². The molecule has 0 saturated carbocycles. The molecule has 1 N–H and O–H groups in total. The lowest BCUT2D eigenvalue weighted by Gasteiger charge is -2.32. The van der Waals surface area contributed by atoms with E-state index in [1.165, 1.54) is 51.1 Å². The Hall–Kier alpha value is -1.14. The van der Waals surface area contributed by atoms with Crippen molar-refractivity contribution >= 4 is 0 Å². The Morgan fingerprint density at radius 1 is 1.04 bits per heavy atom. The summed E-state index contributed by atoms with van der Waals surface area (Å²) in [7, 11) is 2.20. The standard InChI is InChI=1S/C21H34N4O/c1-23-8-10-24(11-9-23)12-13-26-21-5-3-2-4-19(21)16-25-15-18-6-7-20(17-25)22-14-18/h2-5,18,20,22H,6-17H2,1H3/t18-,20-/m0/s1. The van der Waals surface area contributed by atoms with Crippen LogP contribution in [0.4, 0.5) is 0 Å². The largest absolute Gasteiger partial charge is 0.492 e. The van der Waals surface area contributed by atoms with Gasteiger partial charge >= 0.3 is 0 Å². The van der Waals surface area contributed by atoms with Crippen molar-refractivity contribution in [3.05, 3.63) is 29.8 Å². The highest BCUT2D eigenvalue weighted by atomic mass is 16.5. The predicted octanol–water partition coefficient (Wildman–Crippen LogP) is 1.50. The SMILES string of the molecule is CN1CCN(CCOc2ccccc2CN2C[C@H]3CC[C@@H](C2)NC3)CC1. The Kier molecular flexibility index (Phi) is 6.10. The number of hydrogen-bond acceptors (Lipinski definition) is 5. The van der Waals surface area contributed by atoms with Crippen molar-refractivity contribution in [2.45, 2.75) is 25.4 Å². The van der Waals surface area contributed by atoms with Gasteiger partial charge in [0.25, 0.3) is 0 Å². The summed E-state index contributed by atoms with van der Waals surface area (Å²) in [6.07, 6.45) is 2.72. The monoisotopic (exact) mass is 358 g/mol. The van der Waals surface area contributed by atoms with E-state index in [0.29, 0.717) is 6.04 Å². The minimum atomic E-state index is 0.680. The number of nitrogens with one attached hydrogen (secondary N) is 1. The topological polar surface area (TPSA) is 31.0 Å². The van der Waals surface area contributed by atoms with Crippen molar-refractivity contribution < 1.29 is 4.74 Å². The highest BCUT2D eigenvalue weighted by molar-refractivity contribution is 5.33. The number of nitrogens with zero attached hydrogens (tertiary/aromatic N) is 3. The number of piperidine rings is 1. The first-order valence-corrected chi connectivity index (χ1v) is 10.3. The van der Waals surface area contributed by atoms with Crippen LogP contribution in [0.15, 0.2) is 24.3 Å². The molecule has 1 aromatic rings. The molecule has 0 radical (unpaired) electrons. The van der Waals surface area contributed by atoms with Gasteiger partial charge in [0.1, 0.15) is 12.4 Å². The fourth-order valence-corrected chi connectivity index (χ4v) is 4.54. The quantitative estimate of drug-likeness (QED) is 0.833. The van der Waals surface area contributed by atoms with Crippen LogP contribution in [-0.2, 0) is 6.54 Å². The molecule has 1 aromatic carbocycles. The lowest BCUT2D eigenvalue weighted by molar-refractivity contribution is 0.133. The van der Waals surface area contributed by atoms with E-state index in [9.17, 15) is 0 Å². The highest BCUT2D eigenvalue weighted by Crippen LogP contribution is 2.25. The van der Waals surface area contributed by atoms with Gasteiger partial charge in [-0.15, -0.1) is 0 Å². The number of para-hydroxylation sites is 1. The highest BCUT2D eigenvalue weighted by Gasteiger charge is 2.29. The summed E-state index contributed by atoms with van der Waals surface area (Å²) in [6.45, 7) is 11.1. The zero-order chi connectivity index (χ0) is 17.8. The summed E-state index contributed by atoms with van der Waals surface area (Å²) >= 11 is 0. The molecule has 26 heavy (non-hydrogen) atoms. The first kappa shape index (κ1) is 18.2. The molecule has 144 valence electrons. The second-order valence-corrected chi connectivity index (χ2v) is 8.34. The van der Waals surface area contributed by atoms with Crippen molar-refractivity contribution in [3.8, 4) is 5.75 Å². The van der Waals surface area contributed by atoms with E-state index in [-0.39, 0.29) is 0 Å². The molecule has 0 unspecified atom stereocenters. The first-order chi connectivity index (χ1) is 12.8. The number of piperazine rings is 1. The zero-order valence-corrected chi connectivity index (χ0v) is 16.2. The Labute approximate surface area is 158 Å². The normalized spacial score (nSPS) is 28.2. The molecule has 0 amide bonds. The van der Waals surface area contributed by atoms with Gasteiger partial charge in [-0.2, -0.15) is 0 Å². The maximum absolute atomic E-state index is 6.21. The first-order valence-electron chi connectivity index (χ1n) is 10.3.